The van der Waals surface area contributed by atoms with Gasteiger partial charge in [0.15, 0.2) is 0 Å². The van der Waals surface area contributed by atoms with Crippen LogP contribution in [0.3, 0.4) is 0 Å². The third-order valence-corrected chi connectivity index (χ3v) is 4.58. The van der Waals surface area contributed by atoms with E-state index in [2.05, 4.69) is 42.7 Å². The molecule has 0 spiro atoms. The van der Waals surface area contributed by atoms with Gasteiger partial charge in [0.2, 0.25) is 0 Å². The summed E-state index contributed by atoms with van der Waals surface area (Å²) in [4.78, 5) is 1.46. The highest BCUT2D eigenvalue weighted by Gasteiger charge is 2.15. The van der Waals surface area contributed by atoms with E-state index in [1.54, 1.807) is 6.26 Å². The molecule has 0 fully saturated rings. The Balaban J connectivity index is 1.75. The van der Waals surface area contributed by atoms with Gasteiger partial charge in [0.25, 0.3) is 0 Å². The zero-order chi connectivity index (χ0) is 14.2. The number of hydrogen-bond acceptors (Lipinski definition) is 2. The fraction of sp³-hybridized carbons (Fsp3) is 0.529. The maximum absolute atomic E-state index is 5.62. The zero-order valence-electron chi connectivity index (χ0n) is 12.5. The van der Waals surface area contributed by atoms with Crippen molar-refractivity contribution in [3.05, 3.63) is 46.5 Å². The molecular weight excluding hydrogens is 266 g/mol. The highest BCUT2D eigenvalue weighted by atomic mass is 32.1. The van der Waals surface area contributed by atoms with Gasteiger partial charge in [0.05, 0.1) is 17.7 Å². The molecule has 0 radical (unpaired) electrons. The van der Waals surface area contributed by atoms with Gasteiger partial charge in [0.1, 0.15) is 12.3 Å². The van der Waals surface area contributed by atoms with Crippen LogP contribution in [0.25, 0.3) is 0 Å². The van der Waals surface area contributed by atoms with Crippen molar-refractivity contribution in [3.63, 3.8) is 0 Å². The van der Waals surface area contributed by atoms with Crippen molar-refractivity contribution in [2.45, 2.75) is 45.6 Å². The number of thiophene rings is 1. The van der Waals surface area contributed by atoms with Gasteiger partial charge in [-0.2, -0.15) is 0 Å². The molecule has 0 aliphatic rings. The van der Waals surface area contributed by atoms with Crippen LogP contribution in [0.4, 0.5) is 0 Å². The molecule has 2 aromatic rings. The lowest BCUT2D eigenvalue weighted by Gasteiger charge is -2.15. The summed E-state index contributed by atoms with van der Waals surface area (Å²) in [5.41, 5.74) is 0. The molecule has 0 aliphatic heterocycles. The summed E-state index contributed by atoms with van der Waals surface area (Å²) in [6.45, 7) is 6.86. The van der Waals surface area contributed by atoms with Crippen molar-refractivity contribution in [3.8, 4) is 0 Å². The fourth-order valence-corrected chi connectivity index (χ4v) is 3.18. The van der Waals surface area contributed by atoms with E-state index in [9.17, 15) is 0 Å². The molecule has 1 atom stereocenters. The van der Waals surface area contributed by atoms with E-state index in [1.165, 1.54) is 30.7 Å². The average Bonchev–Trinajstić information content (AvgIpc) is 3.10. The quantitative estimate of drug-likeness (QED) is 0.695. The zero-order valence-corrected chi connectivity index (χ0v) is 13.4. The van der Waals surface area contributed by atoms with Gasteiger partial charge < -0.3 is 9.73 Å². The molecule has 110 valence electrons. The van der Waals surface area contributed by atoms with Crippen molar-refractivity contribution in [2.24, 2.45) is 5.92 Å². The van der Waals surface area contributed by atoms with Crippen LogP contribution in [-0.4, -0.2) is 6.54 Å². The van der Waals surface area contributed by atoms with Gasteiger partial charge in [-0.15, -0.1) is 11.3 Å². The summed E-state index contributed by atoms with van der Waals surface area (Å²) in [6.07, 6.45) is 5.51. The summed E-state index contributed by atoms with van der Waals surface area (Å²) in [7, 11) is 0. The summed E-state index contributed by atoms with van der Waals surface area (Å²) in [5.74, 6) is 2.50. The molecule has 2 N–H and O–H groups in total. The Morgan fingerprint density at radius 2 is 2.05 bits per heavy atom. The van der Waals surface area contributed by atoms with Crippen LogP contribution in [0, 0.1) is 5.92 Å². The molecule has 0 aromatic carbocycles. The topological polar surface area (TPSA) is 29.8 Å². The molecule has 20 heavy (non-hydrogen) atoms. The number of furan rings is 1. The van der Waals surface area contributed by atoms with Crippen molar-refractivity contribution in [2.75, 3.05) is 6.54 Å². The van der Waals surface area contributed by atoms with Gasteiger partial charge >= 0.3 is 0 Å². The summed E-state index contributed by atoms with van der Waals surface area (Å²) < 4.78 is 5.62. The molecule has 0 aliphatic carbocycles. The molecule has 2 aromatic heterocycles. The fourth-order valence-electron chi connectivity index (χ4n) is 2.48. The first kappa shape index (κ1) is 15.3. The van der Waals surface area contributed by atoms with Crippen molar-refractivity contribution in [1.82, 2.24) is 0 Å². The van der Waals surface area contributed by atoms with Crippen LogP contribution >= 0.6 is 11.3 Å². The van der Waals surface area contributed by atoms with E-state index in [-0.39, 0.29) is 0 Å². The van der Waals surface area contributed by atoms with Crippen LogP contribution in [0.2, 0.25) is 0 Å². The third-order valence-electron chi connectivity index (χ3n) is 3.68. The van der Waals surface area contributed by atoms with E-state index in [4.69, 9.17) is 4.42 Å². The third kappa shape index (κ3) is 5.14. The summed E-state index contributed by atoms with van der Waals surface area (Å²) in [6, 6.07) is 8.48. The maximum atomic E-state index is 5.62. The van der Waals surface area contributed by atoms with E-state index < -0.39 is 0 Å². The van der Waals surface area contributed by atoms with Crippen LogP contribution in [0.5, 0.6) is 0 Å². The monoisotopic (exact) mass is 292 g/mol. The van der Waals surface area contributed by atoms with Crippen LogP contribution in [0.1, 0.15) is 49.7 Å². The molecule has 0 amide bonds. The lowest BCUT2D eigenvalue weighted by molar-refractivity contribution is -0.670. The van der Waals surface area contributed by atoms with Gasteiger partial charge in [-0.05, 0) is 35.9 Å². The number of rotatable bonds is 9. The second kappa shape index (κ2) is 8.28. The Labute approximate surface area is 126 Å². The molecule has 2 rings (SSSR count). The smallest absolute Gasteiger partial charge is 0.111 e. The van der Waals surface area contributed by atoms with E-state index >= 15 is 0 Å². The van der Waals surface area contributed by atoms with E-state index in [1.807, 2.05) is 17.4 Å². The molecule has 0 bridgehead atoms. The molecule has 3 heteroatoms. The largest absolute Gasteiger partial charge is 0.469 e. The summed E-state index contributed by atoms with van der Waals surface area (Å²) in [5, 5.41) is 4.56. The lowest BCUT2D eigenvalue weighted by Crippen LogP contribution is -2.82. The van der Waals surface area contributed by atoms with Crippen molar-refractivity contribution >= 4 is 11.3 Å². The average molecular weight is 292 g/mol. The molecule has 2 heterocycles. The standard InChI is InChI=1S/C17H25NOS/c1-14(2)7-8-15(17-6-3-11-19-17)9-10-18-13-16-5-4-12-20-16/h3-6,11-12,14-15,18H,7-10,13H2,1-2H3/p+1/t15-/m1/s1. The van der Waals surface area contributed by atoms with Gasteiger partial charge in [-0.3, -0.25) is 0 Å². The number of quaternary nitrogens is 1. The lowest BCUT2D eigenvalue weighted by atomic mass is 9.93. The highest BCUT2D eigenvalue weighted by molar-refractivity contribution is 7.09. The van der Waals surface area contributed by atoms with Gasteiger partial charge in [-0.1, -0.05) is 26.3 Å². The second-order valence-corrected chi connectivity index (χ2v) is 6.87. The molecule has 0 unspecified atom stereocenters. The number of hydrogen-bond donors (Lipinski definition) is 1. The second-order valence-electron chi connectivity index (χ2n) is 5.83. The molecular formula is C17H26NOS+. The highest BCUT2D eigenvalue weighted by Crippen LogP contribution is 2.26. The molecule has 0 saturated heterocycles. The molecule has 2 nitrogen and oxygen atoms in total. The normalized spacial score (nSPS) is 12.9. The molecule has 0 saturated carbocycles. The minimum atomic E-state index is 0.576. The van der Waals surface area contributed by atoms with Crippen molar-refractivity contribution < 1.29 is 9.73 Å². The predicted octanol–water partition coefficient (Wildman–Crippen LogP) is 4.01. The van der Waals surface area contributed by atoms with Crippen LogP contribution in [-0.2, 0) is 6.54 Å². The van der Waals surface area contributed by atoms with Crippen LogP contribution < -0.4 is 5.32 Å². The SMILES string of the molecule is CC(C)CC[C@H](CC[NH2+]Cc1cccs1)c1ccco1. The number of nitrogens with two attached hydrogens (primary N) is 1. The van der Waals surface area contributed by atoms with E-state index in [0.29, 0.717) is 5.92 Å². The van der Waals surface area contributed by atoms with Gasteiger partial charge in [0, 0.05) is 12.3 Å². The minimum absolute atomic E-state index is 0.576. The Kier molecular flexibility index (Phi) is 6.34. The van der Waals surface area contributed by atoms with Crippen LogP contribution in [0.15, 0.2) is 40.3 Å². The Hall–Kier alpha value is -1.06. The maximum Gasteiger partial charge on any atom is 0.111 e. The Morgan fingerprint density at radius 3 is 2.70 bits per heavy atom. The predicted molar refractivity (Wildman–Crippen MR) is 85.0 cm³/mol. The Morgan fingerprint density at radius 1 is 1.15 bits per heavy atom. The van der Waals surface area contributed by atoms with Gasteiger partial charge in [-0.25, -0.2) is 0 Å². The Bertz CT molecular complexity index is 447. The first-order chi connectivity index (χ1) is 9.75. The first-order valence-corrected chi connectivity index (χ1v) is 8.51. The van der Waals surface area contributed by atoms with E-state index in [0.717, 1.165) is 18.2 Å². The van der Waals surface area contributed by atoms with Crippen molar-refractivity contribution in [1.29, 1.82) is 0 Å². The minimum Gasteiger partial charge on any atom is -0.469 e. The summed E-state index contributed by atoms with van der Waals surface area (Å²) >= 11 is 1.84. The first-order valence-electron chi connectivity index (χ1n) is 7.63.